The second kappa shape index (κ2) is 48.9. The molecule has 2 atom stereocenters. The maximum Gasteiger partial charge on any atom is 0.472 e. The lowest BCUT2D eigenvalue weighted by atomic mass is 10.1. The monoisotopic (exact) mass is 882 g/mol. The lowest BCUT2D eigenvalue weighted by molar-refractivity contribution is -0.154. The molecule has 0 heterocycles. The van der Waals surface area contributed by atoms with Crippen LogP contribution in [0.1, 0.15) is 168 Å². The van der Waals surface area contributed by atoms with Gasteiger partial charge in [-0.1, -0.05) is 187 Å². The average molecular weight is 882 g/mol. The topological polar surface area (TPSA) is 117 Å². The Morgan fingerprint density at radius 3 is 1.27 bits per heavy atom. The first-order valence-electron chi connectivity index (χ1n) is 24.0. The molecule has 0 amide bonds. The molecule has 3 N–H and O–H groups in total. The Balaban J connectivity index is 4.06. The van der Waals surface area contributed by atoms with E-state index in [1.54, 1.807) is 0 Å². The van der Waals surface area contributed by atoms with E-state index in [2.05, 4.69) is 135 Å². The normalized spacial score (nSPS) is 14.5. The molecule has 0 saturated carbocycles. The number of ether oxygens (including phenoxy) is 2. The Morgan fingerprint density at radius 2 is 0.855 bits per heavy atom. The lowest BCUT2D eigenvalue weighted by Gasteiger charge is -2.20. The Hall–Kier alpha value is -3.10. The smallest absolute Gasteiger partial charge is 0.457 e. The summed E-state index contributed by atoms with van der Waals surface area (Å²) in [4.78, 5) is 22.5. The van der Waals surface area contributed by atoms with Crippen LogP contribution in [0.2, 0.25) is 0 Å². The van der Waals surface area contributed by atoms with Crippen molar-refractivity contribution in [3.8, 4) is 0 Å². The third kappa shape index (κ3) is 47.9. The van der Waals surface area contributed by atoms with Gasteiger partial charge in [0, 0.05) is 19.6 Å². The summed E-state index contributed by atoms with van der Waals surface area (Å²) in [5.41, 5.74) is 5.38. The minimum absolute atomic E-state index is 0.0818. The number of hydrogen-bond donors (Lipinski definition) is 2. The molecule has 352 valence electrons. The highest BCUT2D eigenvalue weighted by Gasteiger charge is 2.25. The minimum Gasteiger partial charge on any atom is -0.457 e. The quantitative estimate of drug-likeness (QED) is 0.0269. The van der Waals surface area contributed by atoms with Gasteiger partial charge in [0.05, 0.1) is 19.8 Å². The molecule has 0 aromatic heterocycles. The highest BCUT2D eigenvalue weighted by Crippen LogP contribution is 2.43. The molecular formula is C53H88NO7P. The van der Waals surface area contributed by atoms with Crippen LogP contribution < -0.4 is 5.73 Å². The van der Waals surface area contributed by atoms with Crippen molar-refractivity contribution in [2.75, 3.05) is 33.0 Å². The molecule has 0 bridgehead atoms. The summed E-state index contributed by atoms with van der Waals surface area (Å²) in [6.07, 6.45) is 68.1. The van der Waals surface area contributed by atoms with Gasteiger partial charge in [0.2, 0.25) is 0 Å². The molecule has 0 aromatic carbocycles. The van der Waals surface area contributed by atoms with E-state index in [0.29, 0.717) is 13.0 Å². The van der Waals surface area contributed by atoms with Crippen LogP contribution >= 0.6 is 7.82 Å². The maximum absolute atomic E-state index is 12.6. The van der Waals surface area contributed by atoms with E-state index in [1.165, 1.54) is 57.8 Å². The number of nitrogens with two attached hydrogens (primary N) is 1. The van der Waals surface area contributed by atoms with Gasteiger partial charge in [-0.25, -0.2) is 4.57 Å². The Bertz CT molecular complexity index is 1360. The van der Waals surface area contributed by atoms with Crippen LogP contribution in [0.3, 0.4) is 0 Å². The van der Waals surface area contributed by atoms with Crippen molar-refractivity contribution in [3.63, 3.8) is 0 Å². The largest absolute Gasteiger partial charge is 0.472 e. The van der Waals surface area contributed by atoms with Crippen molar-refractivity contribution in [1.82, 2.24) is 0 Å². The molecule has 0 aliphatic heterocycles. The van der Waals surface area contributed by atoms with E-state index in [9.17, 15) is 14.3 Å². The summed E-state index contributed by atoms with van der Waals surface area (Å²) in [6.45, 7) is 4.57. The first-order chi connectivity index (χ1) is 30.4. The highest BCUT2D eigenvalue weighted by molar-refractivity contribution is 7.47. The Labute approximate surface area is 379 Å². The van der Waals surface area contributed by atoms with Crippen molar-refractivity contribution in [2.24, 2.45) is 5.73 Å². The van der Waals surface area contributed by atoms with Gasteiger partial charge in [0.15, 0.2) is 0 Å². The number of esters is 1. The summed E-state index contributed by atoms with van der Waals surface area (Å²) < 4.78 is 33.5. The molecule has 2 unspecified atom stereocenters. The van der Waals surface area contributed by atoms with E-state index < -0.39 is 19.9 Å². The number of carbonyl (C=O) groups is 1. The predicted molar refractivity (Wildman–Crippen MR) is 265 cm³/mol. The van der Waals surface area contributed by atoms with Gasteiger partial charge in [-0.05, 0) is 96.3 Å². The van der Waals surface area contributed by atoms with E-state index in [-0.39, 0.29) is 32.8 Å². The standard InChI is InChI=1S/C53H88NO7P/c1-3-5-7-9-11-13-15-17-19-21-22-23-24-25-26-27-28-29-31-33-35-37-39-41-43-45-48-58-50-52(51-60-62(56,57)59-49-47-54)61-53(55)46-44-42-40-38-36-34-32-30-20-18-16-14-12-10-8-6-4-2/h5-8,11-14,17-20,22-23,25-26,32,34,38,40,52H,3-4,9-10,15-16,21,24,27-31,33,35-37,39,41-51,54H2,1-2H3,(H,56,57)/b7-5-,8-6-,13-11-,14-12-,19-17-,20-18-,23-22-,26-25-,34-32-,40-38-. The van der Waals surface area contributed by atoms with Crippen molar-refractivity contribution in [1.29, 1.82) is 0 Å². The molecule has 0 spiro atoms. The van der Waals surface area contributed by atoms with E-state index in [1.807, 2.05) is 0 Å². The fourth-order valence-electron chi connectivity index (χ4n) is 5.94. The number of phosphoric ester groups is 1. The van der Waals surface area contributed by atoms with Crippen LogP contribution in [-0.2, 0) is 27.9 Å². The Morgan fingerprint density at radius 1 is 0.484 bits per heavy atom. The number of carbonyl (C=O) groups excluding carboxylic acids is 1. The fraction of sp³-hybridized carbons (Fsp3) is 0.604. The second-order valence-corrected chi connectivity index (χ2v) is 16.7. The number of phosphoric acid groups is 1. The van der Waals surface area contributed by atoms with Gasteiger partial charge in [-0.2, -0.15) is 0 Å². The molecule has 0 aliphatic carbocycles. The SMILES string of the molecule is CC/C=C\C/C=C\C/C=C\C/C=C\C/C=C\CCCCCCCCCCCCOCC(COP(=O)(O)OCCN)OC(=O)CCC/C=C\C/C=C\C/C=C\C/C=C\C/C=C\CC. The van der Waals surface area contributed by atoms with Crippen molar-refractivity contribution in [3.05, 3.63) is 122 Å². The molecule has 62 heavy (non-hydrogen) atoms. The van der Waals surface area contributed by atoms with Crippen LogP contribution in [-0.4, -0.2) is 49.9 Å². The summed E-state index contributed by atoms with van der Waals surface area (Å²) in [6, 6.07) is 0. The van der Waals surface area contributed by atoms with Crippen molar-refractivity contribution < 1.29 is 32.8 Å². The lowest BCUT2D eigenvalue weighted by Crippen LogP contribution is -2.28. The maximum atomic E-state index is 12.6. The molecule has 0 aromatic rings. The number of hydrogen-bond acceptors (Lipinski definition) is 7. The molecule has 0 aliphatic rings. The highest BCUT2D eigenvalue weighted by atomic mass is 31.2. The predicted octanol–water partition coefficient (Wildman–Crippen LogP) is 15.0. The van der Waals surface area contributed by atoms with Gasteiger partial charge >= 0.3 is 13.8 Å². The van der Waals surface area contributed by atoms with Gasteiger partial charge < -0.3 is 20.1 Å². The molecule has 0 saturated heterocycles. The molecule has 0 fully saturated rings. The van der Waals surface area contributed by atoms with E-state index in [4.69, 9.17) is 24.3 Å². The average Bonchev–Trinajstić information content (AvgIpc) is 3.26. The van der Waals surface area contributed by atoms with Crippen LogP contribution in [0.4, 0.5) is 0 Å². The summed E-state index contributed by atoms with van der Waals surface area (Å²) in [7, 11) is -4.31. The zero-order chi connectivity index (χ0) is 45.1. The first-order valence-corrected chi connectivity index (χ1v) is 25.5. The van der Waals surface area contributed by atoms with E-state index in [0.717, 1.165) is 83.5 Å². The molecular weight excluding hydrogens is 794 g/mol. The van der Waals surface area contributed by atoms with Gasteiger partial charge in [0.1, 0.15) is 6.10 Å². The molecule has 9 heteroatoms. The van der Waals surface area contributed by atoms with E-state index >= 15 is 0 Å². The van der Waals surface area contributed by atoms with Gasteiger partial charge in [-0.15, -0.1) is 0 Å². The Kier molecular flexibility index (Phi) is 46.5. The van der Waals surface area contributed by atoms with Crippen molar-refractivity contribution in [2.45, 2.75) is 174 Å². The second-order valence-electron chi connectivity index (χ2n) is 15.2. The molecule has 0 rings (SSSR count). The minimum atomic E-state index is -4.31. The molecule has 8 nitrogen and oxygen atoms in total. The fourth-order valence-corrected chi connectivity index (χ4v) is 6.71. The summed E-state index contributed by atoms with van der Waals surface area (Å²) in [5, 5.41) is 0. The summed E-state index contributed by atoms with van der Waals surface area (Å²) in [5.74, 6) is -0.393. The van der Waals surface area contributed by atoms with Gasteiger partial charge in [0.25, 0.3) is 0 Å². The van der Waals surface area contributed by atoms with Crippen molar-refractivity contribution >= 4 is 13.8 Å². The van der Waals surface area contributed by atoms with Crippen LogP contribution in [0.25, 0.3) is 0 Å². The first kappa shape index (κ1) is 58.9. The third-order valence-electron chi connectivity index (χ3n) is 9.37. The van der Waals surface area contributed by atoms with Crippen LogP contribution in [0, 0.1) is 0 Å². The van der Waals surface area contributed by atoms with Gasteiger partial charge in [-0.3, -0.25) is 13.8 Å². The van der Waals surface area contributed by atoms with Crippen LogP contribution in [0.15, 0.2) is 122 Å². The van der Waals surface area contributed by atoms with Crippen LogP contribution in [0.5, 0.6) is 0 Å². The summed E-state index contributed by atoms with van der Waals surface area (Å²) >= 11 is 0. The zero-order valence-corrected chi connectivity index (χ0v) is 39.9. The number of unbranched alkanes of at least 4 members (excludes halogenated alkanes) is 11. The third-order valence-corrected chi connectivity index (χ3v) is 10.4. The number of allylic oxidation sites excluding steroid dienone is 20. The number of rotatable bonds is 44. The zero-order valence-electron chi connectivity index (χ0n) is 39.1. The molecule has 0 radical (unpaired) electrons.